The summed E-state index contributed by atoms with van der Waals surface area (Å²) in [5, 5.41) is 5.25. The second kappa shape index (κ2) is 5.70. The predicted molar refractivity (Wildman–Crippen MR) is 85.3 cm³/mol. The van der Waals surface area contributed by atoms with Gasteiger partial charge >= 0.3 is 0 Å². The SMILES string of the molecule is CNCc1cc(Cl)ccc1Cc1ccc2[nH]ccc2c1. The van der Waals surface area contributed by atoms with E-state index in [1.807, 2.05) is 25.4 Å². The van der Waals surface area contributed by atoms with Crippen LogP contribution >= 0.6 is 11.6 Å². The summed E-state index contributed by atoms with van der Waals surface area (Å²) in [5.74, 6) is 0. The molecule has 0 bridgehead atoms. The molecule has 0 aliphatic carbocycles. The van der Waals surface area contributed by atoms with E-state index in [9.17, 15) is 0 Å². The number of rotatable bonds is 4. The molecule has 0 amide bonds. The number of aromatic amines is 1. The van der Waals surface area contributed by atoms with Crippen molar-refractivity contribution in [2.75, 3.05) is 7.05 Å². The van der Waals surface area contributed by atoms with Gasteiger partial charge in [0.05, 0.1) is 0 Å². The number of benzene rings is 2. The number of hydrogen-bond donors (Lipinski definition) is 2. The molecule has 3 heteroatoms. The molecule has 0 unspecified atom stereocenters. The van der Waals surface area contributed by atoms with Crippen LogP contribution in [0.3, 0.4) is 0 Å². The predicted octanol–water partition coefficient (Wildman–Crippen LogP) is 4.13. The lowest BCUT2D eigenvalue weighted by Crippen LogP contribution is -2.08. The number of aromatic nitrogens is 1. The summed E-state index contributed by atoms with van der Waals surface area (Å²) in [6.45, 7) is 0.836. The van der Waals surface area contributed by atoms with Crippen molar-refractivity contribution in [1.82, 2.24) is 10.3 Å². The van der Waals surface area contributed by atoms with E-state index >= 15 is 0 Å². The van der Waals surface area contributed by atoms with Gasteiger partial charge in [-0.05, 0) is 65.9 Å². The topological polar surface area (TPSA) is 27.8 Å². The molecule has 20 heavy (non-hydrogen) atoms. The van der Waals surface area contributed by atoms with Gasteiger partial charge in [-0.3, -0.25) is 0 Å². The van der Waals surface area contributed by atoms with Crippen LogP contribution in [0.15, 0.2) is 48.7 Å². The van der Waals surface area contributed by atoms with Crippen molar-refractivity contribution in [3.63, 3.8) is 0 Å². The summed E-state index contributed by atoms with van der Waals surface area (Å²) in [7, 11) is 1.95. The number of halogens is 1. The second-order valence-corrected chi connectivity index (χ2v) is 5.46. The fourth-order valence-electron chi connectivity index (χ4n) is 2.55. The molecule has 0 aliphatic heterocycles. The minimum absolute atomic E-state index is 0.792. The Labute approximate surface area is 123 Å². The molecule has 0 saturated carbocycles. The second-order valence-electron chi connectivity index (χ2n) is 5.02. The summed E-state index contributed by atoms with van der Waals surface area (Å²) in [6, 6.07) is 14.8. The van der Waals surface area contributed by atoms with Gasteiger partial charge in [0.1, 0.15) is 0 Å². The molecule has 3 rings (SSSR count). The van der Waals surface area contributed by atoms with E-state index in [2.05, 4.69) is 40.6 Å². The molecule has 0 fully saturated rings. The Morgan fingerprint density at radius 1 is 1.05 bits per heavy atom. The third kappa shape index (κ3) is 2.72. The van der Waals surface area contributed by atoms with Gasteiger partial charge in [0.15, 0.2) is 0 Å². The van der Waals surface area contributed by atoms with Crippen LogP contribution in [0.25, 0.3) is 10.9 Å². The Balaban J connectivity index is 1.93. The fourth-order valence-corrected chi connectivity index (χ4v) is 2.75. The van der Waals surface area contributed by atoms with Gasteiger partial charge in [-0.1, -0.05) is 23.7 Å². The van der Waals surface area contributed by atoms with Crippen LogP contribution in [-0.4, -0.2) is 12.0 Å². The molecule has 0 aliphatic rings. The number of fused-ring (bicyclic) bond motifs is 1. The highest BCUT2D eigenvalue weighted by atomic mass is 35.5. The van der Waals surface area contributed by atoms with E-state index in [-0.39, 0.29) is 0 Å². The lowest BCUT2D eigenvalue weighted by molar-refractivity contribution is 0.808. The molecule has 0 atom stereocenters. The average molecular weight is 285 g/mol. The molecule has 2 nitrogen and oxygen atoms in total. The average Bonchev–Trinajstić information content (AvgIpc) is 2.89. The zero-order valence-electron chi connectivity index (χ0n) is 11.4. The Morgan fingerprint density at radius 2 is 1.95 bits per heavy atom. The lowest BCUT2D eigenvalue weighted by atomic mass is 9.99. The maximum Gasteiger partial charge on any atom is 0.0454 e. The van der Waals surface area contributed by atoms with Crippen LogP contribution in [0.1, 0.15) is 16.7 Å². The Bertz CT molecular complexity index is 731. The van der Waals surface area contributed by atoms with Gasteiger partial charge in [-0.15, -0.1) is 0 Å². The molecule has 0 saturated heterocycles. The van der Waals surface area contributed by atoms with E-state index in [0.29, 0.717) is 0 Å². The third-order valence-electron chi connectivity index (χ3n) is 3.55. The van der Waals surface area contributed by atoms with Crippen LogP contribution < -0.4 is 5.32 Å². The first kappa shape index (κ1) is 13.2. The van der Waals surface area contributed by atoms with Crippen molar-refractivity contribution < 1.29 is 0 Å². The van der Waals surface area contributed by atoms with Gasteiger partial charge in [0.25, 0.3) is 0 Å². The standard InChI is InChI=1S/C17H17ClN2/c1-19-11-15-10-16(18)4-3-13(15)8-12-2-5-17-14(9-12)6-7-20-17/h2-7,9-10,19-20H,8,11H2,1H3. The van der Waals surface area contributed by atoms with Gasteiger partial charge in [0, 0.05) is 23.3 Å². The minimum Gasteiger partial charge on any atom is -0.361 e. The van der Waals surface area contributed by atoms with Crippen LogP contribution in [0.2, 0.25) is 5.02 Å². The molecule has 102 valence electrons. The molecule has 3 aromatic rings. The Hall–Kier alpha value is -1.77. The molecule has 1 aromatic heterocycles. The zero-order valence-corrected chi connectivity index (χ0v) is 12.2. The monoisotopic (exact) mass is 284 g/mol. The first-order valence-corrected chi connectivity index (χ1v) is 7.12. The minimum atomic E-state index is 0.792. The summed E-state index contributed by atoms with van der Waals surface area (Å²) in [5.41, 5.74) is 5.07. The van der Waals surface area contributed by atoms with E-state index < -0.39 is 0 Å². The van der Waals surface area contributed by atoms with Crippen molar-refractivity contribution in [3.8, 4) is 0 Å². The summed E-state index contributed by atoms with van der Waals surface area (Å²) in [6.07, 6.45) is 2.90. The molecule has 1 heterocycles. The Kier molecular flexibility index (Phi) is 3.77. The fraction of sp³-hybridized carbons (Fsp3) is 0.176. The highest BCUT2D eigenvalue weighted by Crippen LogP contribution is 2.21. The van der Waals surface area contributed by atoms with E-state index in [1.165, 1.54) is 27.6 Å². The third-order valence-corrected chi connectivity index (χ3v) is 3.78. The Morgan fingerprint density at radius 3 is 2.80 bits per heavy atom. The van der Waals surface area contributed by atoms with Crippen LogP contribution in [-0.2, 0) is 13.0 Å². The molecule has 0 spiro atoms. The maximum absolute atomic E-state index is 6.09. The number of H-pyrrole nitrogens is 1. The van der Waals surface area contributed by atoms with E-state index in [4.69, 9.17) is 11.6 Å². The van der Waals surface area contributed by atoms with Crippen molar-refractivity contribution in [2.24, 2.45) is 0 Å². The van der Waals surface area contributed by atoms with Crippen molar-refractivity contribution >= 4 is 22.5 Å². The van der Waals surface area contributed by atoms with Crippen molar-refractivity contribution in [1.29, 1.82) is 0 Å². The van der Waals surface area contributed by atoms with Gasteiger partial charge in [-0.25, -0.2) is 0 Å². The van der Waals surface area contributed by atoms with Crippen LogP contribution in [0, 0.1) is 0 Å². The molecule has 2 aromatic carbocycles. The summed E-state index contributed by atoms with van der Waals surface area (Å²) in [4.78, 5) is 3.22. The van der Waals surface area contributed by atoms with Gasteiger partial charge in [-0.2, -0.15) is 0 Å². The highest BCUT2D eigenvalue weighted by molar-refractivity contribution is 6.30. The lowest BCUT2D eigenvalue weighted by Gasteiger charge is -2.10. The quantitative estimate of drug-likeness (QED) is 0.741. The molecule has 2 N–H and O–H groups in total. The zero-order chi connectivity index (χ0) is 13.9. The smallest absolute Gasteiger partial charge is 0.0454 e. The number of nitrogens with one attached hydrogen (secondary N) is 2. The summed E-state index contributed by atoms with van der Waals surface area (Å²) >= 11 is 6.09. The normalized spacial score (nSPS) is 11.1. The number of hydrogen-bond acceptors (Lipinski definition) is 1. The largest absolute Gasteiger partial charge is 0.361 e. The van der Waals surface area contributed by atoms with Crippen LogP contribution in [0.5, 0.6) is 0 Å². The molecular weight excluding hydrogens is 268 g/mol. The molecular formula is C17H17ClN2. The highest BCUT2D eigenvalue weighted by Gasteiger charge is 2.05. The van der Waals surface area contributed by atoms with E-state index in [1.54, 1.807) is 0 Å². The summed E-state index contributed by atoms with van der Waals surface area (Å²) < 4.78 is 0. The maximum atomic E-state index is 6.09. The van der Waals surface area contributed by atoms with Crippen LogP contribution in [0.4, 0.5) is 0 Å². The van der Waals surface area contributed by atoms with E-state index in [0.717, 1.165) is 18.0 Å². The first-order chi connectivity index (χ1) is 9.76. The van der Waals surface area contributed by atoms with Gasteiger partial charge < -0.3 is 10.3 Å². The van der Waals surface area contributed by atoms with Crippen molar-refractivity contribution in [2.45, 2.75) is 13.0 Å². The first-order valence-electron chi connectivity index (χ1n) is 6.74. The molecule has 0 radical (unpaired) electrons. The van der Waals surface area contributed by atoms with Gasteiger partial charge in [0.2, 0.25) is 0 Å². The van der Waals surface area contributed by atoms with Crippen molar-refractivity contribution in [3.05, 3.63) is 70.4 Å².